The van der Waals surface area contributed by atoms with E-state index in [9.17, 15) is 9.59 Å². The third-order valence-electron chi connectivity index (χ3n) is 4.93. The minimum absolute atomic E-state index is 0.151. The summed E-state index contributed by atoms with van der Waals surface area (Å²) in [6.07, 6.45) is 6.08. The molecule has 0 unspecified atom stereocenters. The Bertz CT molecular complexity index is 1120. The Morgan fingerprint density at radius 3 is 2.59 bits per heavy atom. The van der Waals surface area contributed by atoms with Gasteiger partial charge >= 0.3 is 6.09 Å². The number of anilines is 2. The second-order valence-electron chi connectivity index (χ2n) is 7.32. The molecule has 8 heteroatoms. The number of carbonyl (C=O) groups excluding carboxylic acids is 2. The fourth-order valence-corrected chi connectivity index (χ4v) is 3.26. The molecule has 1 N–H and O–H groups in total. The number of amides is 1. The van der Waals surface area contributed by atoms with Gasteiger partial charge in [-0.25, -0.2) is 9.78 Å². The smallest absolute Gasteiger partial charge is 0.408 e. The predicted octanol–water partition coefficient (Wildman–Crippen LogP) is 3.76. The van der Waals surface area contributed by atoms with Crippen molar-refractivity contribution >= 4 is 29.5 Å². The van der Waals surface area contributed by atoms with Crippen LogP contribution >= 0.6 is 0 Å². The van der Waals surface area contributed by atoms with Gasteiger partial charge in [0.25, 0.3) is 0 Å². The molecular formula is C24H24N4O4. The largest absolute Gasteiger partial charge is 0.417 e. The molecule has 3 heterocycles. The molecule has 0 aliphatic carbocycles. The molecule has 3 aromatic rings. The van der Waals surface area contributed by atoms with Crippen LogP contribution in [-0.4, -0.2) is 47.7 Å². The van der Waals surface area contributed by atoms with E-state index in [0.29, 0.717) is 35.9 Å². The highest BCUT2D eigenvalue weighted by molar-refractivity contribution is 6.07. The maximum atomic E-state index is 12.5. The third kappa shape index (κ3) is 5.61. The van der Waals surface area contributed by atoms with Crippen molar-refractivity contribution < 1.29 is 19.1 Å². The highest BCUT2D eigenvalue weighted by atomic mass is 16.6. The molecule has 1 aromatic carbocycles. The molecule has 1 aliphatic rings. The van der Waals surface area contributed by atoms with Gasteiger partial charge in [-0.2, -0.15) is 0 Å². The van der Waals surface area contributed by atoms with E-state index in [4.69, 9.17) is 9.47 Å². The average molecular weight is 432 g/mol. The number of hydrogen-bond donors (Lipinski definition) is 1. The summed E-state index contributed by atoms with van der Waals surface area (Å²) in [5.41, 5.74) is 1.75. The Hall–Kier alpha value is -3.91. The lowest BCUT2D eigenvalue weighted by Gasteiger charge is -2.27. The first kappa shape index (κ1) is 21.3. The zero-order valence-corrected chi connectivity index (χ0v) is 17.7. The topological polar surface area (TPSA) is 85.7 Å². The minimum atomic E-state index is -0.596. The summed E-state index contributed by atoms with van der Waals surface area (Å²) >= 11 is 0. The number of aryl methyl sites for hydroxylation is 1. The van der Waals surface area contributed by atoms with Crippen LogP contribution in [0.3, 0.4) is 0 Å². The van der Waals surface area contributed by atoms with Crippen molar-refractivity contribution in [3.8, 4) is 5.75 Å². The quantitative estimate of drug-likeness (QED) is 0.472. The van der Waals surface area contributed by atoms with Crippen molar-refractivity contribution in [3.05, 3.63) is 78.3 Å². The number of carbonyl (C=O) groups is 2. The van der Waals surface area contributed by atoms with Crippen molar-refractivity contribution in [1.29, 1.82) is 0 Å². The second-order valence-corrected chi connectivity index (χ2v) is 7.32. The molecule has 2 aromatic heterocycles. The molecule has 1 aliphatic heterocycles. The van der Waals surface area contributed by atoms with Gasteiger partial charge < -0.3 is 18.9 Å². The molecule has 0 radical (unpaired) electrons. The third-order valence-corrected chi connectivity index (χ3v) is 4.93. The molecule has 4 rings (SSSR count). The van der Waals surface area contributed by atoms with E-state index in [2.05, 4.69) is 15.2 Å². The van der Waals surface area contributed by atoms with E-state index in [-0.39, 0.29) is 5.78 Å². The van der Waals surface area contributed by atoms with Crippen molar-refractivity contribution in [1.82, 2.24) is 9.55 Å². The maximum absolute atomic E-state index is 12.5. The zero-order chi connectivity index (χ0) is 22.3. The Balaban J connectivity index is 1.34. The fourth-order valence-electron chi connectivity index (χ4n) is 3.26. The predicted molar refractivity (Wildman–Crippen MR) is 122 cm³/mol. The van der Waals surface area contributed by atoms with Crippen LogP contribution in [0.1, 0.15) is 16.1 Å². The lowest BCUT2D eigenvalue weighted by molar-refractivity contribution is 0.104. The summed E-state index contributed by atoms with van der Waals surface area (Å²) in [5, 5.41) is 2.64. The molecule has 1 amide bonds. The molecule has 1 saturated heterocycles. The second kappa shape index (κ2) is 9.93. The van der Waals surface area contributed by atoms with Crippen LogP contribution < -0.4 is 15.0 Å². The monoisotopic (exact) mass is 432 g/mol. The summed E-state index contributed by atoms with van der Waals surface area (Å²) in [5.74, 6) is 1.18. The number of allylic oxidation sites excluding steroid dienone is 1. The molecule has 32 heavy (non-hydrogen) atoms. The molecule has 0 bridgehead atoms. The first-order valence-electron chi connectivity index (χ1n) is 10.3. The van der Waals surface area contributed by atoms with E-state index in [1.165, 1.54) is 6.08 Å². The van der Waals surface area contributed by atoms with Gasteiger partial charge in [-0.15, -0.1) is 0 Å². The van der Waals surface area contributed by atoms with Crippen LogP contribution in [0.4, 0.5) is 16.3 Å². The molecule has 0 spiro atoms. The van der Waals surface area contributed by atoms with Crippen LogP contribution in [0.25, 0.3) is 6.08 Å². The number of nitrogens with one attached hydrogen (secondary N) is 1. The number of hydrogen-bond acceptors (Lipinski definition) is 6. The van der Waals surface area contributed by atoms with Crippen LogP contribution in [0.2, 0.25) is 0 Å². The molecule has 0 atom stereocenters. The number of ketones is 1. The van der Waals surface area contributed by atoms with E-state index >= 15 is 0 Å². The number of benzene rings is 1. The normalized spacial score (nSPS) is 13.8. The van der Waals surface area contributed by atoms with Gasteiger partial charge in [-0.3, -0.25) is 10.1 Å². The van der Waals surface area contributed by atoms with Crippen molar-refractivity contribution in [2.75, 3.05) is 36.5 Å². The maximum Gasteiger partial charge on any atom is 0.417 e. The van der Waals surface area contributed by atoms with Crippen LogP contribution in [-0.2, 0) is 11.8 Å². The van der Waals surface area contributed by atoms with Crippen molar-refractivity contribution in [3.63, 3.8) is 0 Å². The van der Waals surface area contributed by atoms with Gasteiger partial charge in [0, 0.05) is 43.8 Å². The standard InChI is InChI=1S/C24H24N4O4/c1-27-12-11-21(17-27)32-24(30)26-20-7-5-18(6-8-20)22(29)10-9-19-3-2-4-23(25-19)28-13-15-31-16-14-28/h2-12,17H,13-16H2,1H3,(H,26,30). The Labute approximate surface area is 186 Å². The molecular weight excluding hydrogens is 408 g/mol. The Kier molecular flexibility index (Phi) is 6.62. The van der Waals surface area contributed by atoms with Gasteiger partial charge in [0.05, 0.1) is 18.9 Å². The van der Waals surface area contributed by atoms with E-state index < -0.39 is 6.09 Å². The first-order valence-corrected chi connectivity index (χ1v) is 10.3. The zero-order valence-electron chi connectivity index (χ0n) is 17.7. The molecule has 8 nitrogen and oxygen atoms in total. The van der Waals surface area contributed by atoms with Gasteiger partial charge in [0.15, 0.2) is 5.78 Å². The lowest BCUT2D eigenvalue weighted by atomic mass is 10.1. The summed E-state index contributed by atoms with van der Waals surface area (Å²) in [6.45, 7) is 2.99. The number of rotatable bonds is 6. The van der Waals surface area contributed by atoms with Gasteiger partial charge in [0.1, 0.15) is 11.6 Å². The number of aromatic nitrogens is 2. The lowest BCUT2D eigenvalue weighted by Crippen LogP contribution is -2.36. The summed E-state index contributed by atoms with van der Waals surface area (Å²) in [4.78, 5) is 31.3. The molecule has 164 valence electrons. The molecule has 1 fully saturated rings. The Morgan fingerprint density at radius 1 is 1.09 bits per heavy atom. The molecule has 0 saturated carbocycles. The minimum Gasteiger partial charge on any atom is -0.408 e. The van der Waals surface area contributed by atoms with Crippen molar-refractivity contribution in [2.45, 2.75) is 0 Å². The van der Waals surface area contributed by atoms with E-state index in [1.54, 1.807) is 53.4 Å². The number of nitrogens with zero attached hydrogens (tertiary/aromatic N) is 3. The average Bonchev–Trinajstić information content (AvgIpc) is 3.23. The van der Waals surface area contributed by atoms with E-state index in [0.717, 1.165) is 18.9 Å². The Morgan fingerprint density at radius 2 is 1.88 bits per heavy atom. The first-order chi connectivity index (χ1) is 15.6. The van der Waals surface area contributed by atoms with Crippen molar-refractivity contribution in [2.24, 2.45) is 7.05 Å². The van der Waals surface area contributed by atoms with Gasteiger partial charge in [-0.05, 0) is 54.6 Å². The van der Waals surface area contributed by atoms with E-state index in [1.807, 2.05) is 25.2 Å². The highest BCUT2D eigenvalue weighted by Gasteiger charge is 2.12. The summed E-state index contributed by atoms with van der Waals surface area (Å²) in [6, 6.07) is 14.1. The van der Waals surface area contributed by atoms with Crippen LogP contribution in [0, 0.1) is 0 Å². The number of pyridine rings is 1. The highest BCUT2D eigenvalue weighted by Crippen LogP contribution is 2.16. The summed E-state index contributed by atoms with van der Waals surface area (Å²) < 4.78 is 12.4. The number of ether oxygens (including phenoxy) is 2. The number of morpholine rings is 1. The van der Waals surface area contributed by atoms with Gasteiger partial charge in [-0.1, -0.05) is 6.07 Å². The SMILES string of the molecule is Cn1ccc(OC(=O)Nc2ccc(C(=O)C=Cc3cccc(N4CCOCC4)n3)cc2)c1. The summed E-state index contributed by atoms with van der Waals surface area (Å²) in [7, 11) is 1.84. The van der Waals surface area contributed by atoms with Crippen LogP contribution in [0.5, 0.6) is 5.75 Å². The van der Waals surface area contributed by atoms with Gasteiger partial charge in [0.2, 0.25) is 0 Å². The fraction of sp³-hybridized carbons (Fsp3) is 0.208. The van der Waals surface area contributed by atoms with Crippen LogP contribution in [0.15, 0.2) is 67.0 Å².